The predicted octanol–water partition coefficient (Wildman–Crippen LogP) is 1.98. The topological polar surface area (TPSA) is 38.3 Å². The predicted molar refractivity (Wildman–Crippen MR) is 55.2 cm³/mol. The Labute approximate surface area is 88.0 Å². The van der Waals surface area contributed by atoms with Gasteiger partial charge in [-0.05, 0) is 18.6 Å². The molecule has 0 heterocycles. The van der Waals surface area contributed by atoms with E-state index < -0.39 is 0 Å². The van der Waals surface area contributed by atoms with Crippen molar-refractivity contribution in [2.45, 2.75) is 6.42 Å². The van der Waals surface area contributed by atoms with E-state index in [0.717, 1.165) is 6.42 Å². The van der Waals surface area contributed by atoms with Gasteiger partial charge >= 0.3 is 0 Å². The fourth-order valence-corrected chi connectivity index (χ4v) is 1.00. The van der Waals surface area contributed by atoms with E-state index >= 15 is 0 Å². The number of nitrogens with one attached hydrogen (secondary N) is 1. The van der Waals surface area contributed by atoms with Crippen molar-refractivity contribution in [3.63, 3.8) is 0 Å². The lowest BCUT2D eigenvalue weighted by Gasteiger charge is -2.04. The Morgan fingerprint density at radius 1 is 1.36 bits per heavy atom. The van der Waals surface area contributed by atoms with Gasteiger partial charge in [0.25, 0.3) is 5.91 Å². The summed E-state index contributed by atoms with van der Waals surface area (Å²) in [6.07, 6.45) is 0.719. The average Bonchev–Trinajstić information content (AvgIpc) is 2.25. The van der Waals surface area contributed by atoms with Crippen molar-refractivity contribution >= 4 is 17.5 Å². The monoisotopic (exact) mass is 213 g/mol. The van der Waals surface area contributed by atoms with Gasteiger partial charge in [0.05, 0.1) is 6.61 Å². The molecule has 3 nitrogen and oxygen atoms in total. The molecule has 0 aliphatic rings. The second kappa shape index (κ2) is 6.40. The molecule has 0 saturated carbocycles. The van der Waals surface area contributed by atoms with Crippen LogP contribution in [0.25, 0.3) is 0 Å². The molecule has 1 amide bonds. The number of halogens is 1. The van der Waals surface area contributed by atoms with Crippen molar-refractivity contribution in [1.29, 1.82) is 0 Å². The Morgan fingerprint density at radius 3 is 2.71 bits per heavy atom. The largest absolute Gasteiger partial charge is 0.274 e. The molecule has 0 saturated heterocycles. The van der Waals surface area contributed by atoms with Crippen molar-refractivity contribution in [1.82, 2.24) is 5.48 Å². The Balaban J connectivity index is 2.29. The lowest BCUT2D eigenvalue weighted by atomic mass is 10.2. The summed E-state index contributed by atoms with van der Waals surface area (Å²) in [4.78, 5) is 16.2. The number of hydroxylamine groups is 1. The van der Waals surface area contributed by atoms with Crippen LogP contribution < -0.4 is 5.48 Å². The number of alkyl halides is 1. The van der Waals surface area contributed by atoms with E-state index in [-0.39, 0.29) is 5.91 Å². The maximum atomic E-state index is 11.3. The van der Waals surface area contributed by atoms with Gasteiger partial charge < -0.3 is 0 Å². The molecule has 1 aromatic rings. The second-order valence-corrected chi connectivity index (χ2v) is 3.07. The van der Waals surface area contributed by atoms with E-state index in [0.29, 0.717) is 18.1 Å². The van der Waals surface area contributed by atoms with Gasteiger partial charge in [-0.3, -0.25) is 9.63 Å². The first-order valence-corrected chi connectivity index (χ1v) is 4.91. The van der Waals surface area contributed by atoms with Gasteiger partial charge in [0.2, 0.25) is 0 Å². The summed E-state index contributed by atoms with van der Waals surface area (Å²) in [6.45, 7) is 0.433. The molecule has 0 aromatic heterocycles. The van der Waals surface area contributed by atoms with E-state index in [4.69, 9.17) is 16.4 Å². The molecule has 14 heavy (non-hydrogen) atoms. The van der Waals surface area contributed by atoms with Crippen molar-refractivity contribution in [2.75, 3.05) is 12.5 Å². The summed E-state index contributed by atoms with van der Waals surface area (Å²) < 4.78 is 0. The number of amides is 1. The SMILES string of the molecule is O=C(NOCCCCl)c1ccccc1. The third kappa shape index (κ3) is 3.77. The van der Waals surface area contributed by atoms with E-state index in [2.05, 4.69) is 5.48 Å². The third-order valence-corrected chi connectivity index (χ3v) is 1.85. The number of rotatable bonds is 5. The van der Waals surface area contributed by atoms with Gasteiger partial charge in [0.15, 0.2) is 0 Å². The zero-order chi connectivity index (χ0) is 10.2. The minimum Gasteiger partial charge on any atom is -0.273 e. The molecule has 1 rings (SSSR count). The number of hydrogen-bond donors (Lipinski definition) is 1. The van der Waals surface area contributed by atoms with Crippen molar-refractivity contribution in [3.05, 3.63) is 35.9 Å². The highest BCUT2D eigenvalue weighted by molar-refractivity contribution is 6.17. The second-order valence-electron chi connectivity index (χ2n) is 2.69. The molecule has 1 aromatic carbocycles. The molecular weight excluding hydrogens is 202 g/mol. The third-order valence-electron chi connectivity index (χ3n) is 1.58. The smallest absolute Gasteiger partial charge is 0.273 e. The maximum absolute atomic E-state index is 11.3. The van der Waals surface area contributed by atoms with E-state index in [1.807, 2.05) is 6.07 Å². The summed E-state index contributed by atoms with van der Waals surface area (Å²) in [5.74, 6) is 0.293. The first-order chi connectivity index (χ1) is 6.84. The molecule has 0 bridgehead atoms. The zero-order valence-electron chi connectivity index (χ0n) is 7.70. The first kappa shape index (κ1) is 11.0. The molecule has 0 fully saturated rings. The number of benzene rings is 1. The zero-order valence-corrected chi connectivity index (χ0v) is 8.46. The van der Waals surface area contributed by atoms with E-state index in [1.165, 1.54) is 0 Å². The van der Waals surface area contributed by atoms with Crippen LogP contribution in [0.4, 0.5) is 0 Å². The summed E-state index contributed by atoms with van der Waals surface area (Å²) in [7, 11) is 0. The average molecular weight is 214 g/mol. The van der Waals surface area contributed by atoms with Crippen LogP contribution in [-0.2, 0) is 4.84 Å². The van der Waals surface area contributed by atoms with Crippen LogP contribution in [0.1, 0.15) is 16.8 Å². The highest BCUT2D eigenvalue weighted by Crippen LogP contribution is 1.97. The van der Waals surface area contributed by atoms with E-state index in [1.54, 1.807) is 24.3 Å². The van der Waals surface area contributed by atoms with Crippen molar-refractivity contribution < 1.29 is 9.63 Å². The number of hydrogen-bond acceptors (Lipinski definition) is 2. The van der Waals surface area contributed by atoms with Gasteiger partial charge in [-0.25, -0.2) is 5.48 Å². The summed E-state index contributed by atoms with van der Waals surface area (Å²) >= 11 is 5.44. The van der Waals surface area contributed by atoms with Gasteiger partial charge in [-0.15, -0.1) is 11.6 Å². The molecule has 4 heteroatoms. The molecule has 0 atom stereocenters. The first-order valence-electron chi connectivity index (χ1n) is 4.37. The molecule has 0 spiro atoms. The van der Waals surface area contributed by atoms with Crippen LogP contribution in [0.3, 0.4) is 0 Å². The normalized spacial score (nSPS) is 9.79. The van der Waals surface area contributed by atoms with Crippen LogP contribution in [0.15, 0.2) is 30.3 Å². The minimum atomic E-state index is -0.236. The van der Waals surface area contributed by atoms with Crippen LogP contribution in [-0.4, -0.2) is 18.4 Å². The van der Waals surface area contributed by atoms with Crippen molar-refractivity contribution in [3.8, 4) is 0 Å². The van der Waals surface area contributed by atoms with Gasteiger partial charge in [-0.2, -0.15) is 0 Å². The molecule has 0 radical (unpaired) electrons. The van der Waals surface area contributed by atoms with E-state index in [9.17, 15) is 4.79 Å². The Morgan fingerprint density at radius 2 is 2.07 bits per heavy atom. The quantitative estimate of drug-likeness (QED) is 0.462. The standard InChI is InChI=1S/C10H12ClNO2/c11-7-4-8-14-12-10(13)9-5-2-1-3-6-9/h1-3,5-6H,4,7-8H2,(H,12,13). The Hall–Kier alpha value is -1.06. The Kier molecular flexibility index (Phi) is 5.04. The minimum absolute atomic E-state index is 0.236. The number of carbonyl (C=O) groups is 1. The molecular formula is C10H12ClNO2. The Bertz CT molecular complexity index is 277. The van der Waals surface area contributed by atoms with Crippen LogP contribution >= 0.6 is 11.6 Å². The lowest BCUT2D eigenvalue weighted by Crippen LogP contribution is -2.24. The maximum Gasteiger partial charge on any atom is 0.274 e. The summed E-state index contributed by atoms with van der Waals surface area (Å²) in [5, 5.41) is 0. The fourth-order valence-electron chi connectivity index (χ4n) is 0.892. The molecule has 0 aliphatic heterocycles. The molecule has 0 aliphatic carbocycles. The van der Waals surface area contributed by atoms with Crippen LogP contribution in [0, 0.1) is 0 Å². The van der Waals surface area contributed by atoms with Crippen LogP contribution in [0.5, 0.6) is 0 Å². The highest BCUT2D eigenvalue weighted by Gasteiger charge is 2.02. The van der Waals surface area contributed by atoms with Gasteiger partial charge in [-0.1, -0.05) is 18.2 Å². The molecule has 0 unspecified atom stereocenters. The van der Waals surface area contributed by atoms with Crippen LogP contribution in [0.2, 0.25) is 0 Å². The number of carbonyl (C=O) groups excluding carboxylic acids is 1. The fraction of sp³-hybridized carbons (Fsp3) is 0.300. The molecule has 1 N–H and O–H groups in total. The summed E-state index contributed by atoms with van der Waals surface area (Å²) in [5.41, 5.74) is 2.92. The van der Waals surface area contributed by atoms with Crippen molar-refractivity contribution in [2.24, 2.45) is 0 Å². The molecule has 76 valence electrons. The van der Waals surface area contributed by atoms with Gasteiger partial charge in [0, 0.05) is 11.4 Å². The summed E-state index contributed by atoms with van der Waals surface area (Å²) in [6, 6.07) is 8.90. The highest BCUT2D eigenvalue weighted by atomic mass is 35.5. The van der Waals surface area contributed by atoms with Gasteiger partial charge in [0.1, 0.15) is 0 Å². The lowest BCUT2D eigenvalue weighted by molar-refractivity contribution is 0.0317.